The predicted octanol–water partition coefficient (Wildman–Crippen LogP) is 1.82. The lowest BCUT2D eigenvalue weighted by Gasteiger charge is -2.19. The molecule has 1 heterocycles. The van der Waals surface area contributed by atoms with Crippen LogP contribution in [0.2, 0.25) is 0 Å². The van der Waals surface area contributed by atoms with Gasteiger partial charge in [0.05, 0.1) is 18.4 Å². The van der Waals surface area contributed by atoms with Gasteiger partial charge in [-0.15, -0.1) is 0 Å². The smallest absolute Gasteiger partial charge is 0.309 e. The Morgan fingerprint density at radius 3 is 2.38 bits per heavy atom. The van der Waals surface area contributed by atoms with Crippen molar-refractivity contribution in [3.05, 3.63) is 29.8 Å². The van der Waals surface area contributed by atoms with Gasteiger partial charge in [0.25, 0.3) is 0 Å². The number of sulfonamides is 1. The summed E-state index contributed by atoms with van der Waals surface area (Å²) in [6.07, 6.45) is 1.01. The molecule has 0 aliphatic carbocycles. The molecule has 1 aromatic carbocycles. The number of methoxy groups -OCH3 is 1. The average molecular weight is 311 g/mol. The summed E-state index contributed by atoms with van der Waals surface area (Å²) in [6, 6.07) is 6.42. The number of carbonyl (C=O) groups excluding carboxylic acids is 1. The first-order valence-corrected chi connectivity index (χ1v) is 8.34. The summed E-state index contributed by atoms with van der Waals surface area (Å²) in [4.78, 5) is 11.5. The van der Waals surface area contributed by atoms with E-state index < -0.39 is 10.0 Å². The highest BCUT2D eigenvalue weighted by molar-refractivity contribution is 7.89. The van der Waals surface area contributed by atoms with E-state index in [0.29, 0.717) is 13.1 Å². The van der Waals surface area contributed by atoms with Crippen LogP contribution in [0.5, 0.6) is 0 Å². The Balaban J connectivity index is 2.16. The van der Waals surface area contributed by atoms with Gasteiger partial charge in [-0.2, -0.15) is 4.31 Å². The average Bonchev–Trinajstić information content (AvgIpc) is 2.80. The zero-order valence-electron chi connectivity index (χ0n) is 12.6. The van der Waals surface area contributed by atoms with Crippen LogP contribution < -0.4 is 0 Å². The van der Waals surface area contributed by atoms with Crippen molar-refractivity contribution in [1.29, 1.82) is 0 Å². The molecular formula is C15H21NO4S. The molecule has 6 heteroatoms. The van der Waals surface area contributed by atoms with E-state index in [4.69, 9.17) is 0 Å². The molecule has 0 spiro atoms. The lowest BCUT2D eigenvalue weighted by atomic mass is 9.93. The molecule has 1 aliphatic heterocycles. The van der Waals surface area contributed by atoms with Crippen LogP contribution in [0.4, 0.5) is 0 Å². The fourth-order valence-corrected chi connectivity index (χ4v) is 4.06. The van der Waals surface area contributed by atoms with Crippen molar-refractivity contribution in [2.45, 2.75) is 31.6 Å². The zero-order chi connectivity index (χ0) is 15.7. The fourth-order valence-electron chi connectivity index (χ4n) is 2.44. The molecule has 5 nitrogen and oxygen atoms in total. The summed E-state index contributed by atoms with van der Waals surface area (Å²) >= 11 is 0. The Bertz CT molecular complexity index is 620. The number of rotatable bonds is 4. The standard InChI is InChI=1S/C15H21NO4S/c1-15(2)8-9-16(11-15)21(18,19)13-6-4-12(5-7-13)10-14(17)20-3/h4-7H,8-11H2,1-3H3. The van der Waals surface area contributed by atoms with E-state index in [0.717, 1.165) is 12.0 Å². The van der Waals surface area contributed by atoms with Gasteiger partial charge in [-0.25, -0.2) is 8.42 Å². The van der Waals surface area contributed by atoms with Crippen molar-refractivity contribution < 1.29 is 17.9 Å². The van der Waals surface area contributed by atoms with Gasteiger partial charge in [0.15, 0.2) is 0 Å². The summed E-state index contributed by atoms with van der Waals surface area (Å²) in [5, 5.41) is 0. The van der Waals surface area contributed by atoms with Gasteiger partial charge in [-0.3, -0.25) is 4.79 Å². The molecule has 0 unspecified atom stereocenters. The third-order valence-corrected chi connectivity index (χ3v) is 5.64. The minimum atomic E-state index is -3.44. The van der Waals surface area contributed by atoms with Gasteiger partial charge < -0.3 is 4.74 Å². The van der Waals surface area contributed by atoms with Gasteiger partial charge in [-0.05, 0) is 29.5 Å². The van der Waals surface area contributed by atoms with Crippen molar-refractivity contribution in [2.24, 2.45) is 5.41 Å². The quantitative estimate of drug-likeness (QED) is 0.796. The van der Waals surface area contributed by atoms with Crippen LogP contribution >= 0.6 is 0 Å². The van der Waals surface area contributed by atoms with Gasteiger partial charge in [-0.1, -0.05) is 26.0 Å². The molecule has 0 bridgehead atoms. The van der Waals surface area contributed by atoms with Gasteiger partial charge in [0, 0.05) is 13.1 Å². The van der Waals surface area contributed by atoms with Crippen LogP contribution in [-0.2, 0) is 26.0 Å². The minimum Gasteiger partial charge on any atom is -0.469 e. The molecule has 1 fully saturated rings. The summed E-state index contributed by atoms with van der Waals surface area (Å²) in [5.41, 5.74) is 0.764. The van der Waals surface area contributed by atoms with Crippen molar-refractivity contribution in [3.63, 3.8) is 0 Å². The monoisotopic (exact) mass is 311 g/mol. The molecule has 21 heavy (non-hydrogen) atoms. The Morgan fingerprint density at radius 1 is 1.29 bits per heavy atom. The van der Waals surface area contributed by atoms with E-state index >= 15 is 0 Å². The molecule has 2 rings (SSSR count). The van der Waals surface area contributed by atoms with Gasteiger partial charge >= 0.3 is 5.97 Å². The topological polar surface area (TPSA) is 63.7 Å². The van der Waals surface area contributed by atoms with E-state index in [1.165, 1.54) is 11.4 Å². The van der Waals surface area contributed by atoms with E-state index in [9.17, 15) is 13.2 Å². The lowest BCUT2D eigenvalue weighted by molar-refractivity contribution is -0.139. The summed E-state index contributed by atoms with van der Waals surface area (Å²) < 4.78 is 31.2. The second kappa shape index (κ2) is 5.77. The van der Waals surface area contributed by atoms with E-state index in [-0.39, 0.29) is 22.7 Å². The highest BCUT2D eigenvalue weighted by Gasteiger charge is 2.36. The van der Waals surface area contributed by atoms with Crippen molar-refractivity contribution in [1.82, 2.24) is 4.31 Å². The largest absolute Gasteiger partial charge is 0.469 e. The number of hydrogen-bond donors (Lipinski definition) is 0. The zero-order valence-corrected chi connectivity index (χ0v) is 13.4. The van der Waals surface area contributed by atoms with E-state index in [1.807, 2.05) is 0 Å². The highest BCUT2D eigenvalue weighted by Crippen LogP contribution is 2.32. The summed E-state index contributed by atoms with van der Waals surface area (Å²) in [7, 11) is -2.11. The molecular weight excluding hydrogens is 290 g/mol. The predicted molar refractivity (Wildman–Crippen MR) is 79.3 cm³/mol. The number of nitrogens with zero attached hydrogens (tertiary/aromatic N) is 1. The molecule has 1 aromatic rings. The number of ether oxygens (including phenoxy) is 1. The third kappa shape index (κ3) is 3.63. The Morgan fingerprint density at radius 2 is 1.90 bits per heavy atom. The first kappa shape index (κ1) is 16.0. The molecule has 1 aliphatic rings. The van der Waals surface area contributed by atoms with Crippen LogP contribution in [0, 0.1) is 5.41 Å². The number of hydrogen-bond acceptors (Lipinski definition) is 4. The third-order valence-electron chi connectivity index (χ3n) is 3.78. The summed E-state index contributed by atoms with van der Waals surface area (Å²) in [5.74, 6) is -0.341. The summed E-state index contributed by atoms with van der Waals surface area (Å²) in [6.45, 7) is 5.24. The number of esters is 1. The van der Waals surface area contributed by atoms with E-state index in [2.05, 4.69) is 18.6 Å². The van der Waals surface area contributed by atoms with E-state index in [1.54, 1.807) is 24.3 Å². The lowest BCUT2D eigenvalue weighted by Crippen LogP contribution is -2.30. The molecule has 0 amide bonds. The molecule has 0 radical (unpaired) electrons. The van der Waals surface area contributed by atoms with Gasteiger partial charge in [0.2, 0.25) is 10.0 Å². The number of benzene rings is 1. The molecule has 1 saturated heterocycles. The number of carbonyl (C=O) groups is 1. The molecule has 0 saturated carbocycles. The maximum Gasteiger partial charge on any atom is 0.309 e. The SMILES string of the molecule is COC(=O)Cc1ccc(S(=O)(=O)N2CCC(C)(C)C2)cc1. The van der Waals surface area contributed by atoms with Crippen molar-refractivity contribution >= 4 is 16.0 Å². The first-order chi connectivity index (χ1) is 9.74. The minimum absolute atomic E-state index is 0.0257. The molecule has 0 atom stereocenters. The first-order valence-electron chi connectivity index (χ1n) is 6.90. The van der Waals surface area contributed by atoms with Crippen LogP contribution in [-0.4, -0.2) is 38.9 Å². The van der Waals surface area contributed by atoms with Crippen LogP contribution in [0.1, 0.15) is 25.8 Å². The second-order valence-electron chi connectivity index (χ2n) is 6.15. The molecule has 0 aromatic heterocycles. The maximum absolute atomic E-state index is 12.5. The van der Waals surface area contributed by atoms with Crippen LogP contribution in [0.3, 0.4) is 0 Å². The van der Waals surface area contributed by atoms with Crippen LogP contribution in [0.25, 0.3) is 0 Å². The second-order valence-corrected chi connectivity index (χ2v) is 8.09. The fraction of sp³-hybridized carbons (Fsp3) is 0.533. The molecule has 0 N–H and O–H groups in total. The highest BCUT2D eigenvalue weighted by atomic mass is 32.2. The molecule has 116 valence electrons. The van der Waals surface area contributed by atoms with Crippen LogP contribution in [0.15, 0.2) is 29.2 Å². The Hall–Kier alpha value is -1.40. The Kier molecular flexibility index (Phi) is 4.39. The Labute approximate surface area is 126 Å². The normalized spacial score (nSPS) is 18.6. The maximum atomic E-state index is 12.5. The van der Waals surface area contributed by atoms with Crippen molar-refractivity contribution in [3.8, 4) is 0 Å². The van der Waals surface area contributed by atoms with Gasteiger partial charge in [0.1, 0.15) is 0 Å². The van der Waals surface area contributed by atoms with Crippen molar-refractivity contribution in [2.75, 3.05) is 20.2 Å².